The second kappa shape index (κ2) is 13.2. The molecule has 57 heavy (non-hydrogen) atoms. The summed E-state index contributed by atoms with van der Waals surface area (Å²) in [6, 6.07) is 60.2. The molecule has 272 valence electrons. The zero-order valence-electron chi connectivity index (χ0n) is 30.8. The van der Waals surface area contributed by atoms with E-state index in [0.29, 0.717) is 0 Å². The summed E-state index contributed by atoms with van der Waals surface area (Å²) in [4.78, 5) is 0. The van der Waals surface area contributed by atoms with Gasteiger partial charge < -0.3 is 17.7 Å². The fourth-order valence-electron chi connectivity index (χ4n) is 8.91. The van der Waals surface area contributed by atoms with Crippen LogP contribution < -0.4 is 21.2 Å². The summed E-state index contributed by atoms with van der Waals surface area (Å²) in [5, 5.41) is 14.2. The van der Waals surface area contributed by atoms with Gasteiger partial charge in [-0.2, -0.15) is 0 Å². The number of rotatable bonds is 8. The third kappa shape index (κ3) is 5.21. The maximum Gasteiger partial charge on any atom is 0.143 e. The van der Waals surface area contributed by atoms with Crippen LogP contribution in [0.4, 0.5) is 0 Å². The summed E-state index contributed by atoms with van der Waals surface area (Å²) in [5.74, 6) is 0. The molecule has 4 nitrogen and oxygen atoms in total. The minimum absolute atomic E-state index is 0.915. The van der Waals surface area contributed by atoms with Gasteiger partial charge in [-0.15, -0.1) is 0 Å². The predicted octanol–water partition coefficient (Wildman–Crippen LogP) is 13.2. The van der Waals surface area contributed by atoms with E-state index in [2.05, 4.69) is 170 Å². The molecule has 4 aromatic heterocycles. The third-order valence-corrected chi connectivity index (χ3v) is 16.7. The number of hydrogen-bond acceptors (Lipinski definition) is 4. The summed E-state index contributed by atoms with van der Waals surface area (Å²) >= 11 is 0. The van der Waals surface area contributed by atoms with E-state index in [9.17, 15) is 0 Å². The van der Waals surface area contributed by atoms with Crippen LogP contribution in [0.3, 0.4) is 0 Å². The van der Waals surface area contributed by atoms with Crippen molar-refractivity contribution in [3.05, 3.63) is 170 Å². The highest BCUT2D eigenvalue weighted by Gasteiger charge is 2.27. The van der Waals surface area contributed by atoms with Crippen molar-refractivity contribution < 1.29 is 17.7 Å². The van der Waals surface area contributed by atoms with Crippen LogP contribution in [0.25, 0.3) is 87.8 Å². The molecule has 6 heteroatoms. The topological polar surface area (TPSA) is 52.6 Å². The van der Waals surface area contributed by atoms with E-state index in [-0.39, 0.29) is 0 Å². The Morgan fingerprint density at radius 3 is 0.789 bits per heavy atom. The molecule has 0 radical (unpaired) electrons. The molecule has 0 unspecified atom stereocenters. The van der Waals surface area contributed by atoms with E-state index in [1.54, 1.807) is 0 Å². The van der Waals surface area contributed by atoms with Crippen LogP contribution in [0.1, 0.15) is 6.42 Å². The molecule has 0 bridgehead atoms. The van der Waals surface area contributed by atoms with Gasteiger partial charge in [0.05, 0.1) is 0 Å². The van der Waals surface area contributed by atoms with Gasteiger partial charge in [0.2, 0.25) is 0 Å². The lowest BCUT2D eigenvalue weighted by Gasteiger charge is -2.23. The largest absolute Gasteiger partial charge is 0.455 e. The molecule has 0 N–H and O–H groups in total. The molecular formula is C51H34O4P2. The average Bonchev–Trinajstić information content (AvgIpc) is 4.04. The van der Waals surface area contributed by atoms with Crippen molar-refractivity contribution in [1.82, 2.24) is 0 Å². The van der Waals surface area contributed by atoms with Gasteiger partial charge in [-0.25, -0.2) is 0 Å². The molecule has 0 spiro atoms. The third-order valence-electron chi connectivity index (χ3n) is 11.5. The van der Waals surface area contributed by atoms with Gasteiger partial charge in [-0.1, -0.05) is 146 Å². The van der Waals surface area contributed by atoms with Crippen LogP contribution in [0.15, 0.2) is 188 Å². The predicted molar refractivity (Wildman–Crippen MR) is 242 cm³/mol. The van der Waals surface area contributed by atoms with Gasteiger partial charge in [0.15, 0.2) is 0 Å². The SMILES string of the molecule is c1ccc2c(c1)oc1c(P(CCCP(c3cccc4c3oc3ccccc34)c3cccc4c3oc3ccccc34)c3cccc4c3oc3ccccc34)cccc12. The zero-order valence-corrected chi connectivity index (χ0v) is 32.6. The van der Waals surface area contributed by atoms with Crippen molar-refractivity contribution in [2.45, 2.75) is 6.42 Å². The van der Waals surface area contributed by atoms with Gasteiger partial charge in [0, 0.05) is 64.3 Å². The smallest absolute Gasteiger partial charge is 0.143 e. The minimum atomic E-state index is -0.918. The van der Waals surface area contributed by atoms with Crippen molar-refractivity contribution in [2.75, 3.05) is 12.3 Å². The number of fused-ring (bicyclic) bond motifs is 12. The molecule has 8 aromatic carbocycles. The molecule has 0 saturated heterocycles. The summed E-state index contributed by atoms with van der Waals surface area (Å²) in [7, 11) is -1.84. The van der Waals surface area contributed by atoms with Crippen molar-refractivity contribution in [3.63, 3.8) is 0 Å². The van der Waals surface area contributed by atoms with Crippen LogP contribution in [-0.4, -0.2) is 12.3 Å². The molecule has 0 saturated carbocycles. The van der Waals surface area contributed by atoms with Crippen LogP contribution >= 0.6 is 15.8 Å². The van der Waals surface area contributed by atoms with Gasteiger partial charge in [-0.3, -0.25) is 0 Å². The molecule has 12 aromatic rings. The Bertz CT molecular complexity index is 3030. The van der Waals surface area contributed by atoms with Gasteiger partial charge in [0.1, 0.15) is 44.7 Å². The van der Waals surface area contributed by atoms with Gasteiger partial charge in [-0.05, 0) is 58.9 Å². The van der Waals surface area contributed by atoms with E-state index < -0.39 is 15.8 Å². The molecular weight excluding hydrogens is 739 g/mol. The molecule has 0 aliphatic heterocycles. The molecule has 4 heterocycles. The molecule has 12 rings (SSSR count). The maximum absolute atomic E-state index is 6.74. The first-order valence-corrected chi connectivity index (χ1v) is 22.5. The van der Waals surface area contributed by atoms with E-state index >= 15 is 0 Å². The Kier molecular flexibility index (Phi) is 7.65. The second-order valence-corrected chi connectivity index (χ2v) is 19.2. The highest BCUT2D eigenvalue weighted by molar-refractivity contribution is 7.75. The van der Waals surface area contributed by atoms with Crippen molar-refractivity contribution in [3.8, 4) is 0 Å². The Morgan fingerprint density at radius 1 is 0.263 bits per heavy atom. The number of hydrogen-bond donors (Lipinski definition) is 0. The fraction of sp³-hybridized carbons (Fsp3) is 0.0588. The lowest BCUT2D eigenvalue weighted by atomic mass is 10.1. The van der Waals surface area contributed by atoms with Crippen LogP contribution in [0.5, 0.6) is 0 Å². The second-order valence-electron chi connectivity index (χ2n) is 14.7. The number of para-hydroxylation sites is 8. The van der Waals surface area contributed by atoms with Crippen molar-refractivity contribution in [2.24, 2.45) is 0 Å². The molecule has 0 amide bonds. The molecule has 0 aliphatic carbocycles. The number of benzene rings is 8. The van der Waals surface area contributed by atoms with Crippen molar-refractivity contribution >= 4 is 125 Å². The average molecular weight is 773 g/mol. The van der Waals surface area contributed by atoms with Gasteiger partial charge in [0.25, 0.3) is 0 Å². The Labute approximate surface area is 329 Å². The highest BCUT2D eigenvalue weighted by atomic mass is 31.1. The Balaban J connectivity index is 1.03. The minimum Gasteiger partial charge on any atom is -0.455 e. The van der Waals surface area contributed by atoms with Crippen molar-refractivity contribution in [1.29, 1.82) is 0 Å². The first-order valence-electron chi connectivity index (χ1n) is 19.4. The Hall–Kier alpha value is -6.18. The van der Waals surface area contributed by atoms with E-state index in [0.717, 1.165) is 106 Å². The lowest BCUT2D eigenvalue weighted by Crippen LogP contribution is -2.18. The zero-order chi connectivity index (χ0) is 37.5. The normalized spacial score (nSPS) is 12.4. The monoisotopic (exact) mass is 772 g/mol. The summed E-state index contributed by atoms with van der Waals surface area (Å²) in [6.45, 7) is 0. The Morgan fingerprint density at radius 2 is 0.509 bits per heavy atom. The summed E-state index contributed by atoms with van der Waals surface area (Å²) in [5.41, 5.74) is 7.55. The fourth-order valence-corrected chi connectivity index (χ4v) is 14.3. The van der Waals surface area contributed by atoms with E-state index in [4.69, 9.17) is 17.7 Å². The van der Waals surface area contributed by atoms with E-state index in [1.807, 2.05) is 0 Å². The molecule has 0 aliphatic rings. The van der Waals surface area contributed by atoms with E-state index in [1.165, 1.54) is 21.2 Å². The highest BCUT2D eigenvalue weighted by Crippen LogP contribution is 2.47. The number of furan rings is 4. The van der Waals surface area contributed by atoms with Gasteiger partial charge >= 0.3 is 0 Å². The molecule has 0 atom stereocenters. The van der Waals surface area contributed by atoms with Crippen LogP contribution in [-0.2, 0) is 0 Å². The van der Waals surface area contributed by atoms with Crippen LogP contribution in [0.2, 0.25) is 0 Å². The molecule has 0 fully saturated rings. The quantitative estimate of drug-likeness (QED) is 0.144. The lowest BCUT2D eigenvalue weighted by molar-refractivity contribution is 0.670. The summed E-state index contributed by atoms with van der Waals surface area (Å²) < 4.78 is 27.0. The standard InChI is InChI=1S/C51H34O4P2/c1-5-22-40-32(14-1)36-18-9-26-44(48(36)52-40)56(45-27-10-19-37-33-15-2-6-23-41(33)53-49(37)45)30-13-31-57(46-28-11-20-38-34-16-3-7-24-42(34)54-50(38)46)47-29-12-21-39-35-17-4-8-25-43(35)55-51(39)47/h1-12,14-29H,13,30-31H2. The maximum atomic E-state index is 6.74. The van der Waals surface area contributed by atoms with Crippen LogP contribution in [0, 0.1) is 0 Å². The first kappa shape index (κ1) is 33.0. The first-order chi connectivity index (χ1) is 28.3. The summed E-state index contributed by atoms with van der Waals surface area (Å²) in [6.07, 6.45) is 2.87.